The van der Waals surface area contributed by atoms with Crippen molar-refractivity contribution in [1.29, 1.82) is 0 Å². The molecule has 2 amide bonds. The first-order valence-electron chi connectivity index (χ1n) is 7.98. The highest BCUT2D eigenvalue weighted by molar-refractivity contribution is 9.15. The fraction of sp³-hybridized carbons (Fsp3) is 0.118. The lowest BCUT2D eigenvalue weighted by atomic mass is 10.1. The molecule has 0 N–H and O–H groups in total. The van der Waals surface area contributed by atoms with Crippen LogP contribution >= 0.6 is 126 Å². The van der Waals surface area contributed by atoms with E-state index in [2.05, 4.69) is 79.6 Å². The summed E-state index contributed by atoms with van der Waals surface area (Å²) >= 11 is 40.8. The second kappa shape index (κ2) is 10.6. The molecule has 2 aromatic carbocycles. The zero-order valence-electron chi connectivity index (χ0n) is 14.8. The molecule has 0 bridgehead atoms. The van der Waals surface area contributed by atoms with Crippen LogP contribution in [0.15, 0.2) is 22.4 Å². The smallest absolute Gasteiger partial charge is 0.432 e. The summed E-state index contributed by atoms with van der Waals surface area (Å²) in [5, 5.41) is -0.637. The van der Waals surface area contributed by atoms with Gasteiger partial charge in [0, 0.05) is 4.47 Å². The van der Waals surface area contributed by atoms with Crippen molar-refractivity contribution in [2.75, 3.05) is 13.2 Å². The third kappa shape index (κ3) is 4.75. The van der Waals surface area contributed by atoms with E-state index in [1.807, 2.05) is 0 Å². The van der Waals surface area contributed by atoms with Gasteiger partial charge in [0.25, 0.3) is 11.8 Å². The highest BCUT2D eigenvalue weighted by Crippen LogP contribution is 2.49. The Kier molecular flexibility index (Phi) is 8.92. The van der Waals surface area contributed by atoms with Gasteiger partial charge in [0.15, 0.2) is 5.75 Å². The molecule has 0 atom stereocenters. The fourth-order valence-corrected chi connectivity index (χ4v) is 6.79. The molecule has 3 rings (SSSR count). The van der Waals surface area contributed by atoms with Gasteiger partial charge in [-0.05, 0) is 79.6 Å². The molecule has 6 nitrogen and oxygen atoms in total. The van der Waals surface area contributed by atoms with E-state index in [-0.39, 0.29) is 50.1 Å². The van der Waals surface area contributed by atoms with Gasteiger partial charge in [0.1, 0.15) is 6.61 Å². The van der Waals surface area contributed by atoms with Crippen LogP contribution < -0.4 is 4.74 Å². The summed E-state index contributed by atoms with van der Waals surface area (Å²) in [6.07, 6.45) is -1.06. The highest BCUT2D eigenvalue weighted by Gasteiger charge is 2.41. The molecule has 0 radical (unpaired) electrons. The lowest BCUT2D eigenvalue weighted by Crippen LogP contribution is -2.33. The summed E-state index contributed by atoms with van der Waals surface area (Å²) in [5.74, 6) is -1.34. The second-order valence-electron chi connectivity index (χ2n) is 5.87. The number of ether oxygens (including phenoxy) is 2. The number of amides is 2. The van der Waals surface area contributed by atoms with E-state index in [1.165, 1.54) is 0 Å². The van der Waals surface area contributed by atoms with E-state index in [0.717, 1.165) is 4.90 Å². The standard InChI is InChI=1S/C17H4Br5Cl4NO5/c18-5-6(19)8(21)14(9(22)7(5)20)32-17(30)31-2-1-27-15(28)3-4(16(27)29)11(24)13(26)12(25)10(3)23/h1-2H2. The Morgan fingerprint density at radius 2 is 1.12 bits per heavy atom. The zero-order valence-corrected chi connectivity index (χ0v) is 25.8. The first-order valence-corrected chi connectivity index (χ1v) is 13.5. The Hall–Kier alpha value is 0.410. The monoisotopic (exact) mass is 836 g/mol. The largest absolute Gasteiger partial charge is 0.513 e. The molecule has 1 aliphatic heterocycles. The zero-order chi connectivity index (χ0) is 24.1. The minimum atomic E-state index is -1.06. The van der Waals surface area contributed by atoms with Crippen LogP contribution in [-0.4, -0.2) is 36.0 Å². The van der Waals surface area contributed by atoms with Crippen molar-refractivity contribution in [3.63, 3.8) is 0 Å². The van der Waals surface area contributed by atoms with Gasteiger partial charge in [-0.25, -0.2) is 4.79 Å². The third-order valence-corrected chi connectivity index (χ3v) is 11.9. The number of hydrogen-bond acceptors (Lipinski definition) is 5. The average Bonchev–Trinajstić information content (AvgIpc) is 3.01. The summed E-state index contributed by atoms with van der Waals surface area (Å²) in [6, 6.07) is 0. The normalized spacial score (nSPS) is 13.0. The molecule has 2 aromatic rings. The van der Waals surface area contributed by atoms with E-state index in [9.17, 15) is 14.4 Å². The van der Waals surface area contributed by atoms with Crippen LogP contribution in [0.5, 0.6) is 5.75 Å². The van der Waals surface area contributed by atoms with Crippen molar-refractivity contribution >= 4 is 144 Å². The van der Waals surface area contributed by atoms with E-state index in [0.29, 0.717) is 22.4 Å². The van der Waals surface area contributed by atoms with Gasteiger partial charge >= 0.3 is 6.16 Å². The molecular weight excluding hydrogens is 840 g/mol. The van der Waals surface area contributed by atoms with Crippen molar-refractivity contribution < 1.29 is 23.9 Å². The molecule has 0 fully saturated rings. The number of hydrogen-bond donors (Lipinski definition) is 0. The van der Waals surface area contributed by atoms with Crippen LogP contribution in [0.2, 0.25) is 20.1 Å². The number of rotatable bonds is 4. The number of benzene rings is 2. The quantitative estimate of drug-likeness (QED) is 0.101. The number of nitrogens with zero attached hydrogens (tertiary/aromatic N) is 1. The Morgan fingerprint density at radius 1 is 0.719 bits per heavy atom. The van der Waals surface area contributed by atoms with Crippen LogP contribution in [0.25, 0.3) is 0 Å². The van der Waals surface area contributed by atoms with Crippen LogP contribution in [-0.2, 0) is 4.74 Å². The summed E-state index contributed by atoms with van der Waals surface area (Å²) in [6.45, 7) is -0.630. The van der Waals surface area contributed by atoms with Gasteiger partial charge in [0.2, 0.25) is 0 Å². The molecule has 32 heavy (non-hydrogen) atoms. The van der Waals surface area contributed by atoms with E-state index in [1.54, 1.807) is 0 Å². The number of carbonyl (C=O) groups excluding carboxylic acids is 3. The number of fused-ring (bicyclic) bond motifs is 1. The summed E-state index contributed by atoms with van der Waals surface area (Å²) in [7, 11) is 0. The Bertz CT molecular complexity index is 1130. The summed E-state index contributed by atoms with van der Waals surface area (Å²) in [5.41, 5.74) is -0.313. The molecule has 0 saturated heterocycles. The molecule has 1 aliphatic rings. The van der Waals surface area contributed by atoms with Crippen molar-refractivity contribution in [3.05, 3.63) is 53.6 Å². The minimum absolute atomic E-state index is 0.136. The summed E-state index contributed by atoms with van der Waals surface area (Å²) < 4.78 is 13.0. The van der Waals surface area contributed by atoms with Gasteiger partial charge in [0.05, 0.1) is 55.7 Å². The predicted octanol–water partition coefficient (Wildman–Crippen LogP) is 8.92. The van der Waals surface area contributed by atoms with Crippen LogP contribution in [0.1, 0.15) is 20.7 Å². The van der Waals surface area contributed by atoms with Gasteiger partial charge in [-0.15, -0.1) is 0 Å². The van der Waals surface area contributed by atoms with E-state index >= 15 is 0 Å². The molecular formula is C17H4Br5Cl4NO5. The van der Waals surface area contributed by atoms with Gasteiger partial charge in [-0.2, -0.15) is 0 Å². The van der Waals surface area contributed by atoms with Gasteiger partial charge in [-0.1, -0.05) is 46.4 Å². The second-order valence-corrected chi connectivity index (χ2v) is 11.3. The van der Waals surface area contributed by atoms with Crippen molar-refractivity contribution in [3.8, 4) is 5.75 Å². The first-order chi connectivity index (χ1) is 14.9. The van der Waals surface area contributed by atoms with Gasteiger partial charge in [-0.3, -0.25) is 14.5 Å². The maximum Gasteiger partial charge on any atom is 0.513 e. The first kappa shape index (κ1) is 27.0. The number of imide groups is 1. The topological polar surface area (TPSA) is 72.9 Å². The number of carbonyl (C=O) groups is 3. The lowest BCUT2D eigenvalue weighted by Gasteiger charge is -2.15. The van der Waals surface area contributed by atoms with Crippen LogP contribution in [0.3, 0.4) is 0 Å². The molecule has 170 valence electrons. The van der Waals surface area contributed by atoms with Crippen molar-refractivity contribution in [2.45, 2.75) is 0 Å². The minimum Gasteiger partial charge on any atom is -0.432 e. The Morgan fingerprint density at radius 3 is 1.56 bits per heavy atom. The average molecular weight is 844 g/mol. The Labute approximate surface area is 242 Å². The van der Waals surface area contributed by atoms with Crippen molar-refractivity contribution in [1.82, 2.24) is 4.90 Å². The van der Waals surface area contributed by atoms with E-state index in [4.69, 9.17) is 55.9 Å². The molecule has 1 heterocycles. The lowest BCUT2D eigenvalue weighted by molar-refractivity contribution is 0.0562. The molecule has 0 spiro atoms. The maximum absolute atomic E-state index is 12.7. The highest BCUT2D eigenvalue weighted by atomic mass is 79.9. The Balaban J connectivity index is 1.71. The predicted molar refractivity (Wildman–Crippen MR) is 139 cm³/mol. The fourth-order valence-electron chi connectivity index (χ4n) is 2.61. The molecule has 0 unspecified atom stereocenters. The third-order valence-electron chi connectivity index (χ3n) is 4.07. The van der Waals surface area contributed by atoms with Crippen LogP contribution in [0, 0.1) is 0 Å². The van der Waals surface area contributed by atoms with Gasteiger partial charge < -0.3 is 9.47 Å². The molecule has 0 saturated carbocycles. The summed E-state index contributed by atoms with van der Waals surface area (Å²) in [4.78, 5) is 38.3. The number of halogens is 9. The van der Waals surface area contributed by atoms with Crippen molar-refractivity contribution in [2.24, 2.45) is 0 Å². The maximum atomic E-state index is 12.7. The molecule has 0 aliphatic carbocycles. The SMILES string of the molecule is O=C(OCCN1C(=O)c2c(Cl)c(Cl)c(Cl)c(Cl)c2C1=O)Oc1c(Br)c(Br)c(Br)c(Br)c1Br. The molecule has 15 heteroatoms. The van der Waals surface area contributed by atoms with Crippen LogP contribution in [0.4, 0.5) is 4.79 Å². The molecule has 0 aromatic heterocycles. The van der Waals surface area contributed by atoms with E-state index < -0.39 is 18.0 Å².